The average Bonchev–Trinajstić information content (AvgIpc) is 2.74. The van der Waals surface area contributed by atoms with Crippen molar-refractivity contribution in [1.82, 2.24) is 20.2 Å². The van der Waals surface area contributed by atoms with Crippen LogP contribution in [-0.2, 0) is 17.8 Å². The topological polar surface area (TPSA) is 59.0 Å². The van der Waals surface area contributed by atoms with E-state index in [0.29, 0.717) is 6.54 Å². The lowest BCUT2D eigenvalue weighted by Crippen LogP contribution is -2.27. The van der Waals surface area contributed by atoms with E-state index in [0.717, 1.165) is 38.2 Å². The van der Waals surface area contributed by atoms with Gasteiger partial charge in [0.25, 0.3) is 0 Å². The third-order valence-corrected chi connectivity index (χ3v) is 2.39. The van der Waals surface area contributed by atoms with Crippen LogP contribution in [0, 0.1) is 0 Å². The van der Waals surface area contributed by atoms with E-state index >= 15 is 0 Å². The zero-order valence-electron chi connectivity index (χ0n) is 10.7. The zero-order chi connectivity index (χ0) is 12.5. The van der Waals surface area contributed by atoms with Crippen molar-refractivity contribution in [3.8, 4) is 0 Å². The van der Waals surface area contributed by atoms with E-state index in [4.69, 9.17) is 0 Å². The van der Waals surface area contributed by atoms with Crippen molar-refractivity contribution in [1.29, 1.82) is 0 Å². The summed E-state index contributed by atoms with van der Waals surface area (Å²) in [6.07, 6.45) is 5.51. The van der Waals surface area contributed by atoms with Crippen LogP contribution < -0.4 is 10.6 Å². The number of rotatable bonds is 8. The maximum atomic E-state index is 11.5. The number of hydrogen-bond acceptors (Lipinski definition) is 3. The van der Waals surface area contributed by atoms with Gasteiger partial charge in [0, 0.05) is 25.7 Å². The van der Waals surface area contributed by atoms with Crippen molar-refractivity contribution in [2.24, 2.45) is 0 Å². The van der Waals surface area contributed by atoms with Gasteiger partial charge in [0.2, 0.25) is 5.91 Å². The standard InChI is InChI=1S/C12H22N4O/c1-3-6-14-12(17)9-16-8-11(15-10-16)5-7-13-4-2/h8,10,13H,3-7,9H2,1-2H3,(H,14,17). The van der Waals surface area contributed by atoms with E-state index in [2.05, 4.69) is 22.5 Å². The van der Waals surface area contributed by atoms with Gasteiger partial charge in [-0.3, -0.25) is 4.79 Å². The van der Waals surface area contributed by atoms with Gasteiger partial charge in [0.15, 0.2) is 0 Å². The third kappa shape index (κ3) is 5.49. The number of nitrogens with zero attached hydrogens (tertiary/aromatic N) is 2. The minimum atomic E-state index is 0.0440. The molecule has 0 saturated carbocycles. The van der Waals surface area contributed by atoms with E-state index in [-0.39, 0.29) is 5.91 Å². The summed E-state index contributed by atoms with van der Waals surface area (Å²) in [6.45, 7) is 7.11. The molecule has 0 unspecified atom stereocenters. The summed E-state index contributed by atoms with van der Waals surface area (Å²) in [4.78, 5) is 15.7. The Labute approximate surface area is 103 Å². The Hall–Kier alpha value is -1.36. The van der Waals surface area contributed by atoms with Crippen LogP contribution in [0.1, 0.15) is 26.0 Å². The number of carbonyl (C=O) groups is 1. The first kappa shape index (κ1) is 13.7. The summed E-state index contributed by atoms with van der Waals surface area (Å²) >= 11 is 0. The van der Waals surface area contributed by atoms with Crippen molar-refractivity contribution in [2.75, 3.05) is 19.6 Å². The number of aromatic nitrogens is 2. The Bertz CT molecular complexity index is 335. The average molecular weight is 238 g/mol. The summed E-state index contributed by atoms with van der Waals surface area (Å²) in [6, 6.07) is 0. The van der Waals surface area contributed by atoms with Crippen LogP contribution in [-0.4, -0.2) is 35.1 Å². The van der Waals surface area contributed by atoms with Gasteiger partial charge in [-0.05, 0) is 13.0 Å². The van der Waals surface area contributed by atoms with Gasteiger partial charge in [-0.25, -0.2) is 4.98 Å². The van der Waals surface area contributed by atoms with Crippen LogP contribution in [0.25, 0.3) is 0 Å². The molecule has 1 rings (SSSR count). The fraction of sp³-hybridized carbons (Fsp3) is 0.667. The molecule has 0 aliphatic rings. The molecule has 1 aromatic heterocycles. The summed E-state index contributed by atoms with van der Waals surface area (Å²) in [5, 5.41) is 6.09. The highest BCUT2D eigenvalue weighted by molar-refractivity contribution is 5.75. The van der Waals surface area contributed by atoms with Gasteiger partial charge in [-0.2, -0.15) is 0 Å². The first-order valence-corrected chi connectivity index (χ1v) is 6.24. The third-order valence-electron chi connectivity index (χ3n) is 2.39. The van der Waals surface area contributed by atoms with Gasteiger partial charge in [-0.1, -0.05) is 13.8 Å². The van der Waals surface area contributed by atoms with Crippen LogP contribution in [0.3, 0.4) is 0 Å². The lowest BCUT2D eigenvalue weighted by Gasteiger charge is -2.03. The second kappa shape index (κ2) is 7.84. The maximum Gasteiger partial charge on any atom is 0.239 e. The number of amides is 1. The minimum Gasteiger partial charge on any atom is -0.355 e. The molecule has 0 saturated heterocycles. The number of hydrogen-bond donors (Lipinski definition) is 2. The minimum absolute atomic E-state index is 0.0440. The highest BCUT2D eigenvalue weighted by Gasteiger charge is 2.03. The lowest BCUT2D eigenvalue weighted by atomic mass is 10.3. The molecule has 1 heterocycles. The highest BCUT2D eigenvalue weighted by atomic mass is 16.1. The lowest BCUT2D eigenvalue weighted by molar-refractivity contribution is -0.121. The van der Waals surface area contributed by atoms with E-state index in [1.165, 1.54) is 0 Å². The molecule has 17 heavy (non-hydrogen) atoms. The summed E-state index contributed by atoms with van der Waals surface area (Å²) in [7, 11) is 0. The van der Waals surface area contributed by atoms with Gasteiger partial charge < -0.3 is 15.2 Å². The molecule has 5 nitrogen and oxygen atoms in total. The van der Waals surface area contributed by atoms with Crippen molar-refractivity contribution in [3.63, 3.8) is 0 Å². The Morgan fingerprint density at radius 1 is 1.41 bits per heavy atom. The van der Waals surface area contributed by atoms with Crippen LogP contribution in [0.5, 0.6) is 0 Å². The Morgan fingerprint density at radius 3 is 2.94 bits per heavy atom. The largest absolute Gasteiger partial charge is 0.355 e. The Balaban J connectivity index is 2.32. The fourth-order valence-corrected chi connectivity index (χ4v) is 1.50. The van der Waals surface area contributed by atoms with Gasteiger partial charge in [0.05, 0.1) is 12.0 Å². The second-order valence-corrected chi connectivity index (χ2v) is 3.99. The molecule has 1 amide bonds. The Morgan fingerprint density at radius 2 is 2.24 bits per heavy atom. The number of likely N-dealkylation sites (N-methyl/N-ethyl adjacent to an activating group) is 1. The van der Waals surface area contributed by atoms with Crippen LogP contribution in [0.15, 0.2) is 12.5 Å². The zero-order valence-corrected chi connectivity index (χ0v) is 10.7. The number of carbonyl (C=O) groups excluding carboxylic acids is 1. The van der Waals surface area contributed by atoms with E-state index in [1.54, 1.807) is 6.33 Å². The molecule has 0 spiro atoms. The maximum absolute atomic E-state index is 11.5. The highest BCUT2D eigenvalue weighted by Crippen LogP contribution is 1.96. The molecule has 0 aromatic carbocycles. The molecular weight excluding hydrogens is 216 g/mol. The summed E-state index contributed by atoms with van der Waals surface area (Å²) in [5.41, 5.74) is 1.02. The quantitative estimate of drug-likeness (QED) is 0.651. The van der Waals surface area contributed by atoms with Crippen molar-refractivity contribution in [2.45, 2.75) is 33.2 Å². The monoisotopic (exact) mass is 238 g/mol. The van der Waals surface area contributed by atoms with Gasteiger partial charge in [-0.15, -0.1) is 0 Å². The second-order valence-electron chi connectivity index (χ2n) is 3.99. The van der Waals surface area contributed by atoms with Crippen molar-refractivity contribution < 1.29 is 4.79 Å². The summed E-state index contributed by atoms with van der Waals surface area (Å²) in [5.74, 6) is 0.0440. The predicted molar refractivity (Wildman–Crippen MR) is 67.8 cm³/mol. The fourth-order valence-electron chi connectivity index (χ4n) is 1.50. The van der Waals surface area contributed by atoms with Gasteiger partial charge in [0.1, 0.15) is 6.54 Å². The molecule has 0 radical (unpaired) electrons. The van der Waals surface area contributed by atoms with E-state index in [1.807, 2.05) is 17.7 Å². The van der Waals surface area contributed by atoms with Gasteiger partial charge >= 0.3 is 0 Å². The molecular formula is C12H22N4O. The molecule has 0 aliphatic heterocycles. The first-order valence-electron chi connectivity index (χ1n) is 6.24. The van der Waals surface area contributed by atoms with Crippen LogP contribution in [0.4, 0.5) is 0 Å². The molecule has 2 N–H and O–H groups in total. The molecule has 0 fully saturated rings. The SMILES string of the molecule is CCCNC(=O)Cn1cnc(CCNCC)c1. The smallest absolute Gasteiger partial charge is 0.239 e. The predicted octanol–water partition coefficient (Wildman–Crippen LogP) is 0.561. The van der Waals surface area contributed by atoms with Crippen molar-refractivity contribution >= 4 is 5.91 Å². The molecule has 5 heteroatoms. The molecule has 0 aliphatic carbocycles. The van der Waals surface area contributed by atoms with E-state index < -0.39 is 0 Å². The normalized spacial score (nSPS) is 10.5. The molecule has 96 valence electrons. The van der Waals surface area contributed by atoms with Crippen LogP contribution in [0.2, 0.25) is 0 Å². The molecule has 0 bridgehead atoms. The Kier molecular flexibility index (Phi) is 6.32. The van der Waals surface area contributed by atoms with E-state index in [9.17, 15) is 4.79 Å². The molecule has 1 aromatic rings. The summed E-state index contributed by atoms with van der Waals surface area (Å²) < 4.78 is 1.83. The number of imidazole rings is 1. The first-order chi connectivity index (χ1) is 8.26. The molecule has 0 atom stereocenters. The number of nitrogens with one attached hydrogen (secondary N) is 2. The van der Waals surface area contributed by atoms with Crippen molar-refractivity contribution in [3.05, 3.63) is 18.2 Å². The van der Waals surface area contributed by atoms with Crippen LogP contribution >= 0.6 is 0 Å².